The third kappa shape index (κ3) is 4.36. The van der Waals surface area contributed by atoms with Crippen molar-refractivity contribution in [2.24, 2.45) is 0 Å². The monoisotopic (exact) mass is 397 g/mol. The Morgan fingerprint density at radius 3 is 2.72 bits per heavy atom. The van der Waals surface area contributed by atoms with Gasteiger partial charge in [0.25, 0.3) is 5.91 Å². The van der Waals surface area contributed by atoms with Crippen LogP contribution in [0.4, 0.5) is 0 Å². The number of rotatable bonds is 7. The molecule has 0 fully saturated rings. The lowest BCUT2D eigenvalue weighted by Crippen LogP contribution is -2.52. The summed E-state index contributed by atoms with van der Waals surface area (Å²) in [6, 6.07) is 12.5. The average Bonchev–Trinajstić information content (AvgIpc) is 2.71. The van der Waals surface area contributed by atoms with Crippen LogP contribution in [-0.4, -0.2) is 31.2 Å². The summed E-state index contributed by atoms with van der Waals surface area (Å²) in [5, 5.41) is 2.96. The fraction of sp³-hybridized carbons (Fsp3) is 0.391. The molecule has 2 unspecified atom stereocenters. The number of fused-ring (bicyclic) bond motifs is 1. The number of ether oxygens (including phenoxy) is 3. The third-order valence-electron chi connectivity index (χ3n) is 5.06. The van der Waals surface area contributed by atoms with Crippen molar-refractivity contribution in [1.82, 2.24) is 5.32 Å². The standard InChI is InChI=1S/C23H27NO5/c1-5-12-28-19-11-10-16(13-20(19)27-4)15(2)24-22(26)23(3)14-17-8-6-7-9-18(17)21(25)29-23/h6-11,13,15H,5,12,14H2,1-4H3,(H,24,26). The minimum Gasteiger partial charge on any atom is -0.493 e. The van der Waals surface area contributed by atoms with Crippen LogP contribution < -0.4 is 14.8 Å². The second-order valence-corrected chi connectivity index (χ2v) is 7.41. The van der Waals surface area contributed by atoms with Gasteiger partial charge < -0.3 is 19.5 Å². The van der Waals surface area contributed by atoms with Crippen LogP contribution in [0.15, 0.2) is 42.5 Å². The van der Waals surface area contributed by atoms with Crippen LogP contribution in [0, 0.1) is 0 Å². The van der Waals surface area contributed by atoms with E-state index < -0.39 is 11.6 Å². The van der Waals surface area contributed by atoms with Crippen LogP contribution in [0.2, 0.25) is 0 Å². The lowest BCUT2D eigenvalue weighted by molar-refractivity contribution is -0.140. The largest absolute Gasteiger partial charge is 0.493 e. The Hall–Kier alpha value is -3.02. The maximum atomic E-state index is 13.0. The summed E-state index contributed by atoms with van der Waals surface area (Å²) in [5.41, 5.74) is 0.935. The Balaban J connectivity index is 1.74. The number of benzene rings is 2. The lowest BCUT2D eigenvalue weighted by Gasteiger charge is -2.34. The number of esters is 1. The van der Waals surface area contributed by atoms with Crippen LogP contribution in [0.25, 0.3) is 0 Å². The molecule has 0 aliphatic carbocycles. The van der Waals surface area contributed by atoms with E-state index >= 15 is 0 Å². The fourth-order valence-electron chi connectivity index (χ4n) is 3.38. The molecule has 6 heteroatoms. The van der Waals surface area contributed by atoms with Crippen molar-refractivity contribution in [2.45, 2.75) is 45.3 Å². The van der Waals surface area contributed by atoms with Crippen molar-refractivity contribution in [3.63, 3.8) is 0 Å². The van der Waals surface area contributed by atoms with Gasteiger partial charge in [0.05, 0.1) is 25.3 Å². The molecular formula is C23H27NO5. The molecule has 3 rings (SSSR count). The predicted octanol–water partition coefficient (Wildman–Crippen LogP) is 3.83. The van der Waals surface area contributed by atoms with Gasteiger partial charge in [0.15, 0.2) is 17.1 Å². The first-order chi connectivity index (χ1) is 13.9. The molecule has 0 bridgehead atoms. The molecule has 2 aromatic carbocycles. The summed E-state index contributed by atoms with van der Waals surface area (Å²) >= 11 is 0. The minimum absolute atomic E-state index is 0.302. The van der Waals surface area contributed by atoms with Crippen molar-refractivity contribution < 1.29 is 23.8 Å². The maximum absolute atomic E-state index is 13.0. The number of hydrogen-bond acceptors (Lipinski definition) is 5. The highest BCUT2D eigenvalue weighted by Crippen LogP contribution is 2.32. The molecular weight excluding hydrogens is 370 g/mol. The van der Waals surface area contributed by atoms with E-state index in [4.69, 9.17) is 14.2 Å². The Morgan fingerprint density at radius 1 is 1.24 bits per heavy atom. The van der Waals surface area contributed by atoms with Crippen molar-refractivity contribution >= 4 is 11.9 Å². The molecule has 0 spiro atoms. The van der Waals surface area contributed by atoms with Crippen LogP contribution in [0.3, 0.4) is 0 Å². The Morgan fingerprint density at radius 2 is 2.00 bits per heavy atom. The molecule has 0 saturated carbocycles. The zero-order chi connectivity index (χ0) is 21.0. The summed E-state index contributed by atoms with van der Waals surface area (Å²) in [6.45, 7) is 6.16. The molecule has 2 atom stereocenters. The number of cyclic esters (lactones) is 1. The molecule has 29 heavy (non-hydrogen) atoms. The van der Waals surface area contributed by atoms with E-state index in [-0.39, 0.29) is 11.9 Å². The van der Waals surface area contributed by atoms with Crippen LogP contribution >= 0.6 is 0 Å². The predicted molar refractivity (Wildman–Crippen MR) is 109 cm³/mol. The molecule has 1 aliphatic heterocycles. The number of nitrogens with one attached hydrogen (secondary N) is 1. The van der Waals surface area contributed by atoms with Gasteiger partial charge in [0.2, 0.25) is 0 Å². The molecule has 0 aromatic heterocycles. The molecule has 0 saturated heterocycles. The van der Waals surface area contributed by atoms with E-state index in [1.807, 2.05) is 44.2 Å². The van der Waals surface area contributed by atoms with E-state index in [1.54, 1.807) is 26.2 Å². The highest BCUT2D eigenvalue weighted by atomic mass is 16.6. The molecule has 6 nitrogen and oxygen atoms in total. The summed E-state index contributed by atoms with van der Waals surface area (Å²) in [5.74, 6) is 0.470. The number of methoxy groups -OCH3 is 1. The second-order valence-electron chi connectivity index (χ2n) is 7.41. The zero-order valence-electron chi connectivity index (χ0n) is 17.3. The number of hydrogen-bond donors (Lipinski definition) is 1. The van der Waals surface area contributed by atoms with Crippen LogP contribution in [0.5, 0.6) is 11.5 Å². The fourth-order valence-corrected chi connectivity index (χ4v) is 3.38. The van der Waals surface area contributed by atoms with Gasteiger partial charge in [0, 0.05) is 6.42 Å². The highest BCUT2D eigenvalue weighted by Gasteiger charge is 2.43. The zero-order valence-corrected chi connectivity index (χ0v) is 17.3. The average molecular weight is 397 g/mol. The van der Waals surface area contributed by atoms with Gasteiger partial charge in [0.1, 0.15) is 0 Å². The number of carbonyl (C=O) groups is 2. The van der Waals surface area contributed by atoms with Gasteiger partial charge in [-0.15, -0.1) is 0 Å². The minimum atomic E-state index is -1.26. The van der Waals surface area contributed by atoms with Crippen molar-refractivity contribution in [3.8, 4) is 11.5 Å². The van der Waals surface area contributed by atoms with Gasteiger partial charge in [-0.05, 0) is 49.6 Å². The summed E-state index contributed by atoms with van der Waals surface area (Å²) in [6.07, 6.45) is 1.23. The smallest absolute Gasteiger partial charge is 0.339 e. The Bertz CT molecular complexity index is 910. The van der Waals surface area contributed by atoms with Crippen molar-refractivity contribution in [2.75, 3.05) is 13.7 Å². The quantitative estimate of drug-likeness (QED) is 0.719. The van der Waals surface area contributed by atoms with Crippen molar-refractivity contribution in [3.05, 3.63) is 59.2 Å². The molecule has 0 radical (unpaired) electrons. The molecule has 154 valence electrons. The van der Waals surface area contributed by atoms with Gasteiger partial charge in [-0.1, -0.05) is 31.2 Å². The van der Waals surface area contributed by atoms with E-state index in [0.29, 0.717) is 30.1 Å². The summed E-state index contributed by atoms with van der Waals surface area (Å²) in [4.78, 5) is 25.3. The first kappa shape index (κ1) is 20.7. The van der Waals surface area contributed by atoms with Gasteiger partial charge in [-0.25, -0.2) is 4.79 Å². The normalized spacial score (nSPS) is 19.0. The van der Waals surface area contributed by atoms with Gasteiger partial charge >= 0.3 is 5.97 Å². The van der Waals surface area contributed by atoms with Crippen LogP contribution in [0.1, 0.15) is 54.7 Å². The topological polar surface area (TPSA) is 73.9 Å². The molecule has 1 aliphatic rings. The van der Waals surface area contributed by atoms with Gasteiger partial charge in [-0.2, -0.15) is 0 Å². The van der Waals surface area contributed by atoms with Gasteiger partial charge in [-0.3, -0.25) is 4.79 Å². The van der Waals surface area contributed by atoms with E-state index in [2.05, 4.69) is 5.32 Å². The first-order valence-electron chi connectivity index (χ1n) is 9.81. The second kappa shape index (κ2) is 8.55. The Kier molecular flexibility index (Phi) is 6.11. The number of amides is 1. The highest BCUT2D eigenvalue weighted by molar-refractivity contribution is 5.97. The summed E-state index contributed by atoms with van der Waals surface area (Å²) < 4.78 is 16.6. The first-order valence-corrected chi connectivity index (χ1v) is 9.81. The van der Waals surface area contributed by atoms with Crippen LogP contribution in [-0.2, 0) is 16.0 Å². The molecule has 1 amide bonds. The SMILES string of the molecule is CCCOc1ccc(C(C)NC(=O)C2(C)Cc3ccccc3C(=O)O2)cc1OC. The van der Waals surface area contributed by atoms with E-state index in [0.717, 1.165) is 17.5 Å². The lowest BCUT2D eigenvalue weighted by atomic mass is 9.89. The Labute approximate surface area is 171 Å². The molecule has 1 heterocycles. The third-order valence-corrected chi connectivity index (χ3v) is 5.06. The van der Waals surface area contributed by atoms with E-state index in [9.17, 15) is 9.59 Å². The summed E-state index contributed by atoms with van der Waals surface area (Å²) in [7, 11) is 1.58. The number of carbonyl (C=O) groups excluding carboxylic acids is 2. The van der Waals surface area contributed by atoms with E-state index in [1.165, 1.54) is 0 Å². The molecule has 1 N–H and O–H groups in total. The molecule has 2 aromatic rings. The maximum Gasteiger partial charge on any atom is 0.339 e. The van der Waals surface area contributed by atoms with Crippen molar-refractivity contribution in [1.29, 1.82) is 0 Å².